The van der Waals surface area contributed by atoms with Gasteiger partial charge in [-0.25, -0.2) is 4.79 Å². The lowest BCUT2D eigenvalue weighted by atomic mass is 10.1. The zero-order valence-corrected chi connectivity index (χ0v) is 27.4. The molecule has 6 aromatic rings. The number of aromatic amines is 2. The monoisotopic (exact) mass is 720 g/mol. The summed E-state index contributed by atoms with van der Waals surface area (Å²) in [6.45, 7) is 5.34. The van der Waals surface area contributed by atoms with Crippen molar-refractivity contribution in [1.29, 1.82) is 0 Å². The number of nitrogens with two attached hydrogens (primary N) is 1. The third kappa shape index (κ3) is 8.55. The zero-order chi connectivity index (χ0) is 35.7. The fourth-order valence-electron chi connectivity index (χ4n) is 4.97. The number of rotatable bonds is 5. The second-order valence-corrected chi connectivity index (χ2v) is 11.9. The number of amides is 1. The molecule has 0 fully saturated rings. The number of fused-ring (bicyclic) bond motifs is 2. The van der Waals surface area contributed by atoms with E-state index in [1.807, 2.05) is 0 Å². The molecule has 0 saturated carbocycles. The number of nitrogens with zero attached hydrogens (tertiary/aromatic N) is 1. The van der Waals surface area contributed by atoms with Gasteiger partial charge in [-0.2, -0.15) is 26.3 Å². The molecule has 0 aliphatic carbocycles. The number of carboxylic acid groups (broad SMARTS) is 1. The van der Waals surface area contributed by atoms with Gasteiger partial charge in [-0.05, 0) is 106 Å². The van der Waals surface area contributed by atoms with Crippen molar-refractivity contribution in [3.05, 3.63) is 108 Å². The number of halogens is 7. The van der Waals surface area contributed by atoms with Crippen molar-refractivity contribution >= 4 is 51.7 Å². The van der Waals surface area contributed by atoms with Gasteiger partial charge >= 0.3 is 18.4 Å². The first kappa shape index (κ1) is 37.3. The Morgan fingerprint density at radius 2 is 1.06 bits per heavy atom. The van der Waals surface area contributed by atoms with Crippen LogP contribution in [0.3, 0.4) is 0 Å². The van der Waals surface area contributed by atoms with Crippen LogP contribution in [0.4, 0.5) is 42.5 Å². The van der Waals surface area contributed by atoms with Crippen LogP contribution in [-0.4, -0.2) is 26.7 Å². The Kier molecular flexibility index (Phi) is 10.6. The molecule has 1 amide bonds. The number of nitrogens with one attached hydrogen (secondary N) is 2. The fourth-order valence-corrected chi connectivity index (χ4v) is 4.97. The Hall–Kier alpha value is -5.50. The van der Waals surface area contributed by atoms with Gasteiger partial charge in [-0.3, -0.25) is 4.90 Å². The van der Waals surface area contributed by atoms with Crippen LogP contribution >= 0.6 is 12.4 Å². The van der Waals surface area contributed by atoms with E-state index in [0.717, 1.165) is 35.2 Å². The first-order valence-corrected chi connectivity index (χ1v) is 14.6. The van der Waals surface area contributed by atoms with Crippen LogP contribution in [0, 0.1) is 0 Å². The third-order valence-electron chi connectivity index (χ3n) is 7.25. The second kappa shape index (κ2) is 14.2. The number of aromatic nitrogens is 2. The van der Waals surface area contributed by atoms with Crippen LogP contribution in [-0.2, 0) is 12.4 Å². The quantitative estimate of drug-likeness (QED) is 0.132. The van der Waals surface area contributed by atoms with Gasteiger partial charge in [0.2, 0.25) is 0 Å². The Labute approximate surface area is 287 Å². The molecule has 0 aliphatic rings. The van der Waals surface area contributed by atoms with Gasteiger partial charge in [0.1, 0.15) is 23.0 Å². The van der Waals surface area contributed by atoms with Crippen molar-refractivity contribution < 1.29 is 45.7 Å². The van der Waals surface area contributed by atoms with Gasteiger partial charge in [0, 0.05) is 39.7 Å². The molecular weight excluding hydrogens is 690 g/mol. The molecule has 4 aromatic carbocycles. The number of hydrogen-bond donors (Lipinski definition) is 4. The number of hydrogen-bond acceptors (Lipinski definition) is 4. The van der Waals surface area contributed by atoms with Crippen LogP contribution in [0.25, 0.3) is 21.8 Å². The Morgan fingerprint density at radius 3 is 1.48 bits per heavy atom. The van der Waals surface area contributed by atoms with Gasteiger partial charge in [0.15, 0.2) is 0 Å². The normalized spacial score (nSPS) is 11.8. The topological polar surface area (TPSA) is 117 Å². The molecule has 0 aliphatic heterocycles. The van der Waals surface area contributed by atoms with Gasteiger partial charge < -0.3 is 30.3 Å². The van der Waals surface area contributed by atoms with Gasteiger partial charge in [-0.1, -0.05) is 0 Å². The van der Waals surface area contributed by atoms with E-state index in [1.54, 1.807) is 69.6 Å². The van der Waals surface area contributed by atoms with E-state index >= 15 is 0 Å². The first-order valence-electron chi connectivity index (χ1n) is 14.6. The summed E-state index contributed by atoms with van der Waals surface area (Å²) >= 11 is 0. The van der Waals surface area contributed by atoms with E-state index in [-0.39, 0.29) is 18.2 Å². The van der Waals surface area contributed by atoms with Crippen LogP contribution in [0.15, 0.2) is 97.3 Å². The maximum atomic E-state index is 12.7. The highest BCUT2D eigenvalue weighted by atomic mass is 35.5. The molecule has 0 radical (unpaired) electrons. The van der Waals surface area contributed by atoms with Gasteiger partial charge in [0.25, 0.3) is 0 Å². The van der Waals surface area contributed by atoms with Crippen molar-refractivity contribution in [1.82, 2.24) is 9.97 Å². The van der Waals surface area contributed by atoms with E-state index in [9.17, 15) is 36.2 Å². The van der Waals surface area contributed by atoms with Crippen molar-refractivity contribution in [3.8, 4) is 23.0 Å². The lowest BCUT2D eigenvalue weighted by Crippen LogP contribution is -2.45. The van der Waals surface area contributed by atoms with Crippen molar-refractivity contribution in [3.63, 3.8) is 0 Å². The highest BCUT2D eigenvalue weighted by Gasteiger charge is 2.32. The summed E-state index contributed by atoms with van der Waals surface area (Å²) in [5.74, 6) is 1.47. The number of H-pyrrole nitrogens is 2. The summed E-state index contributed by atoms with van der Waals surface area (Å²) in [4.78, 5) is 19.0. The van der Waals surface area contributed by atoms with Crippen LogP contribution < -0.4 is 20.1 Å². The van der Waals surface area contributed by atoms with Crippen LogP contribution in [0.1, 0.15) is 31.9 Å². The molecule has 0 unspecified atom stereocenters. The predicted molar refractivity (Wildman–Crippen MR) is 182 cm³/mol. The molecule has 0 bridgehead atoms. The van der Waals surface area contributed by atoms with Gasteiger partial charge in [-0.15, -0.1) is 12.4 Å². The predicted octanol–water partition coefficient (Wildman–Crippen LogP) is 11.2. The molecule has 6 rings (SSSR count). The van der Waals surface area contributed by atoms with Crippen molar-refractivity contribution in [2.24, 2.45) is 0 Å². The number of nitrogen functional groups attached to an aromatic ring is 1. The van der Waals surface area contributed by atoms with E-state index in [0.29, 0.717) is 39.5 Å². The van der Waals surface area contributed by atoms with E-state index < -0.39 is 35.1 Å². The minimum Gasteiger partial charge on any atom is -0.465 e. The van der Waals surface area contributed by atoms with E-state index in [2.05, 4.69) is 9.97 Å². The SMILES string of the molecule is CC(C)(C)N(C(=O)O)c1c[nH]c2ccc(Oc3ccc(C(F)(F)F)cc3)cc12.Cl.Nc1c[nH]c2ccc(Oc3ccc(C(F)(F)F)cc3)cc12. The standard InChI is InChI=1S/C20H19F3N2O3.C15H11F3N2O.ClH/c1-19(2,3)25(18(26)27)17-11-24-16-9-8-14(10-15(16)17)28-13-6-4-12(5-7-13)20(21,22)23;16-15(17,18)9-1-3-10(4-2-9)21-11-5-6-14-12(7-11)13(19)8-20-14;/h4-11,24H,1-3H3,(H,26,27);1-8,20H,19H2;1H. The average Bonchev–Trinajstić information content (AvgIpc) is 3.59. The number of ether oxygens (including phenoxy) is 2. The molecular formula is C35H31ClF6N4O4. The number of carbonyl (C=O) groups is 1. The molecule has 5 N–H and O–H groups in total. The summed E-state index contributed by atoms with van der Waals surface area (Å²) in [7, 11) is 0. The maximum absolute atomic E-state index is 12.7. The molecule has 0 saturated heterocycles. The Bertz CT molecular complexity index is 2080. The third-order valence-corrected chi connectivity index (χ3v) is 7.25. The smallest absolute Gasteiger partial charge is 0.416 e. The summed E-state index contributed by atoms with van der Waals surface area (Å²) < 4.78 is 86.6. The number of anilines is 2. The molecule has 8 nitrogen and oxygen atoms in total. The summed E-state index contributed by atoms with van der Waals surface area (Å²) in [6.07, 6.45) is -6.58. The molecule has 0 atom stereocenters. The lowest BCUT2D eigenvalue weighted by molar-refractivity contribution is -0.138. The molecule has 0 spiro atoms. The lowest BCUT2D eigenvalue weighted by Gasteiger charge is -2.32. The minimum atomic E-state index is -4.41. The fraction of sp³-hybridized carbons (Fsp3) is 0.171. The van der Waals surface area contributed by atoms with Crippen LogP contribution in [0.2, 0.25) is 0 Å². The highest BCUT2D eigenvalue weighted by molar-refractivity contribution is 6.01. The van der Waals surface area contributed by atoms with E-state index in [1.165, 1.54) is 29.2 Å². The molecule has 264 valence electrons. The number of benzene rings is 4. The maximum Gasteiger partial charge on any atom is 0.416 e. The van der Waals surface area contributed by atoms with Crippen molar-refractivity contribution in [2.75, 3.05) is 10.6 Å². The Morgan fingerprint density at radius 1 is 0.660 bits per heavy atom. The largest absolute Gasteiger partial charge is 0.465 e. The van der Waals surface area contributed by atoms with Crippen LogP contribution in [0.5, 0.6) is 23.0 Å². The Balaban J connectivity index is 0.000000229. The first-order chi connectivity index (χ1) is 22.9. The summed E-state index contributed by atoms with van der Waals surface area (Å²) in [5.41, 5.74) is 6.28. The van der Waals surface area contributed by atoms with Crippen molar-refractivity contribution in [2.45, 2.75) is 38.7 Å². The zero-order valence-electron chi connectivity index (χ0n) is 26.6. The van der Waals surface area contributed by atoms with E-state index in [4.69, 9.17) is 15.2 Å². The molecule has 2 heterocycles. The second-order valence-electron chi connectivity index (χ2n) is 11.9. The number of alkyl halides is 6. The highest BCUT2D eigenvalue weighted by Crippen LogP contribution is 2.37. The minimum absolute atomic E-state index is 0. The summed E-state index contributed by atoms with van der Waals surface area (Å²) in [5, 5.41) is 11.1. The molecule has 15 heteroatoms. The summed E-state index contributed by atoms with van der Waals surface area (Å²) in [6, 6.07) is 19.2. The van der Waals surface area contributed by atoms with Gasteiger partial charge in [0.05, 0.1) is 22.5 Å². The average molecular weight is 721 g/mol. The molecule has 50 heavy (non-hydrogen) atoms. The molecule has 2 aromatic heterocycles.